The highest BCUT2D eigenvalue weighted by molar-refractivity contribution is 5.92. The van der Waals surface area contributed by atoms with E-state index in [1.54, 1.807) is 11.1 Å². The quantitative estimate of drug-likeness (QED) is 0.818. The molecule has 1 saturated heterocycles. The summed E-state index contributed by atoms with van der Waals surface area (Å²) in [5.41, 5.74) is 2.50. The third-order valence-electron chi connectivity index (χ3n) is 4.49. The predicted molar refractivity (Wildman–Crippen MR) is 90.1 cm³/mol. The Balaban J connectivity index is 1.53. The van der Waals surface area contributed by atoms with Crippen LogP contribution in [0.3, 0.4) is 0 Å². The molecule has 4 rings (SSSR count). The third-order valence-corrected chi connectivity index (χ3v) is 4.49. The number of aryl methyl sites for hydroxylation is 1. The molecule has 0 bridgehead atoms. The Hall–Kier alpha value is -2.61. The molecular formula is C17H20N6O2. The van der Waals surface area contributed by atoms with Gasteiger partial charge in [0.15, 0.2) is 0 Å². The zero-order valence-electron chi connectivity index (χ0n) is 14.2. The second-order valence-corrected chi connectivity index (χ2v) is 6.13. The number of ether oxygens (including phenoxy) is 1. The number of nitrogens with zero attached hydrogens (tertiary/aromatic N) is 6. The van der Waals surface area contributed by atoms with Crippen LogP contribution >= 0.6 is 0 Å². The predicted octanol–water partition coefficient (Wildman–Crippen LogP) is 0.822. The lowest BCUT2D eigenvalue weighted by atomic mass is 10.3. The molecule has 2 aromatic rings. The average molecular weight is 340 g/mol. The Bertz CT molecular complexity index is 790. The van der Waals surface area contributed by atoms with Gasteiger partial charge in [-0.15, -0.1) is 0 Å². The third kappa shape index (κ3) is 3.17. The molecule has 0 radical (unpaired) electrons. The van der Waals surface area contributed by atoms with E-state index < -0.39 is 0 Å². The number of hydrogen-bond donors (Lipinski definition) is 0. The summed E-state index contributed by atoms with van der Waals surface area (Å²) in [6.45, 7) is 5.71. The molecule has 25 heavy (non-hydrogen) atoms. The van der Waals surface area contributed by atoms with Crippen molar-refractivity contribution in [1.82, 2.24) is 24.8 Å². The number of carbonyl (C=O) groups excluding carboxylic acids is 1. The molecule has 2 aliphatic heterocycles. The van der Waals surface area contributed by atoms with E-state index in [4.69, 9.17) is 4.74 Å². The van der Waals surface area contributed by atoms with Gasteiger partial charge in [0.1, 0.15) is 17.3 Å². The van der Waals surface area contributed by atoms with E-state index in [-0.39, 0.29) is 5.91 Å². The van der Waals surface area contributed by atoms with Crippen LogP contribution in [0.15, 0.2) is 18.6 Å². The average Bonchev–Trinajstić information content (AvgIpc) is 3.11. The number of rotatable bonds is 3. The Labute approximate surface area is 145 Å². The number of morpholine rings is 1. The van der Waals surface area contributed by atoms with Gasteiger partial charge in [0, 0.05) is 37.8 Å². The summed E-state index contributed by atoms with van der Waals surface area (Å²) >= 11 is 0. The molecular weight excluding hydrogens is 320 g/mol. The standard InChI is InChI=1S/C17H20N6O2/c1-2-15-19-7-12-10-23(11-14(12)20-15)16-9-18-8-13(21-16)17(24)22-3-5-25-6-4-22/h7-9H,2-6,10-11H2,1H3. The van der Waals surface area contributed by atoms with Crippen molar-refractivity contribution in [1.29, 1.82) is 0 Å². The Morgan fingerprint density at radius 3 is 2.80 bits per heavy atom. The molecule has 0 saturated carbocycles. The van der Waals surface area contributed by atoms with Crippen LogP contribution in [0.25, 0.3) is 0 Å². The SMILES string of the molecule is CCc1ncc2c(n1)CN(c1cncc(C(=O)N3CCOCC3)n1)C2. The normalized spacial score (nSPS) is 16.8. The molecule has 0 aromatic carbocycles. The highest BCUT2D eigenvalue weighted by atomic mass is 16.5. The Morgan fingerprint density at radius 1 is 1.16 bits per heavy atom. The molecule has 1 fully saturated rings. The molecule has 2 aliphatic rings. The summed E-state index contributed by atoms with van der Waals surface area (Å²) in [6.07, 6.45) is 5.92. The summed E-state index contributed by atoms with van der Waals surface area (Å²) in [4.78, 5) is 34.1. The number of carbonyl (C=O) groups is 1. The van der Waals surface area contributed by atoms with E-state index in [9.17, 15) is 4.79 Å². The van der Waals surface area contributed by atoms with Crippen LogP contribution in [0.5, 0.6) is 0 Å². The summed E-state index contributed by atoms with van der Waals surface area (Å²) in [5.74, 6) is 1.44. The minimum Gasteiger partial charge on any atom is -0.378 e. The monoisotopic (exact) mass is 340 g/mol. The number of hydrogen-bond acceptors (Lipinski definition) is 7. The fourth-order valence-electron chi connectivity index (χ4n) is 3.07. The number of aromatic nitrogens is 4. The number of amides is 1. The van der Waals surface area contributed by atoms with Crippen molar-refractivity contribution in [3.63, 3.8) is 0 Å². The molecule has 4 heterocycles. The first-order valence-electron chi connectivity index (χ1n) is 8.52. The first-order valence-corrected chi connectivity index (χ1v) is 8.52. The Kier molecular flexibility index (Phi) is 4.27. The molecule has 8 nitrogen and oxygen atoms in total. The van der Waals surface area contributed by atoms with Gasteiger partial charge in [-0.1, -0.05) is 6.92 Å². The van der Waals surface area contributed by atoms with Crippen LogP contribution in [0.4, 0.5) is 5.82 Å². The van der Waals surface area contributed by atoms with Gasteiger partial charge in [-0.3, -0.25) is 9.78 Å². The number of fused-ring (bicyclic) bond motifs is 1. The van der Waals surface area contributed by atoms with Crippen LogP contribution in [0.1, 0.15) is 34.5 Å². The van der Waals surface area contributed by atoms with Gasteiger partial charge >= 0.3 is 0 Å². The Morgan fingerprint density at radius 2 is 2.00 bits per heavy atom. The first kappa shape index (κ1) is 15.9. The van der Waals surface area contributed by atoms with E-state index in [2.05, 4.69) is 24.8 Å². The van der Waals surface area contributed by atoms with Gasteiger partial charge in [0.05, 0.1) is 37.8 Å². The van der Waals surface area contributed by atoms with Gasteiger partial charge in [-0.05, 0) is 0 Å². The zero-order valence-corrected chi connectivity index (χ0v) is 14.2. The van der Waals surface area contributed by atoms with E-state index in [1.807, 2.05) is 13.1 Å². The summed E-state index contributed by atoms with van der Waals surface area (Å²) in [6, 6.07) is 0. The summed E-state index contributed by atoms with van der Waals surface area (Å²) in [7, 11) is 0. The number of anilines is 1. The van der Waals surface area contributed by atoms with Gasteiger partial charge < -0.3 is 14.5 Å². The topological polar surface area (TPSA) is 84.3 Å². The lowest BCUT2D eigenvalue weighted by Gasteiger charge is -2.26. The molecule has 130 valence electrons. The van der Waals surface area contributed by atoms with Crippen LogP contribution < -0.4 is 4.90 Å². The summed E-state index contributed by atoms with van der Waals surface area (Å²) < 4.78 is 5.29. The molecule has 2 aromatic heterocycles. The first-order chi connectivity index (χ1) is 12.2. The zero-order chi connectivity index (χ0) is 17.2. The van der Waals surface area contributed by atoms with Crippen LogP contribution in [0, 0.1) is 0 Å². The highest BCUT2D eigenvalue weighted by Gasteiger charge is 2.25. The van der Waals surface area contributed by atoms with E-state index >= 15 is 0 Å². The maximum atomic E-state index is 12.6. The van der Waals surface area contributed by atoms with Crippen molar-refractivity contribution in [2.75, 3.05) is 31.2 Å². The van der Waals surface area contributed by atoms with E-state index in [0.717, 1.165) is 23.5 Å². The molecule has 0 unspecified atom stereocenters. The minimum absolute atomic E-state index is 0.0950. The lowest BCUT2D eigenvalue weighted by Crippen LogP contribution is -2.41. The van der Waals surface area contributed by atoms with Crippen molar-refractivity contribution in [3.8, 4) is 0 Å². The maximum Gasteiger partial charge on any atom is 0.274 e. The van der Waals surface area contributed by atoms with Crippen LogP contribution in [0.2, 0.25) is 0 Å². The van der Waals surface area contributed by atoms with E-state index in [1.165, 1.54) is 6.20 Å². The fraction of sp³-hybridized carbons (Fsp3) is 0.471. The lowest BCUT2D eigenvalue weighted by molar-refractivity contribution is 0.0299. The largest absolute Gasteiger partial charge is 0.378 e. The maximum absolute atomic E-state index is 12.6. The van der Waals surface area contributed by atoms with Gasteiger partial charge in [-0.2, -0.15) is 0 Å². The molecule has 0 spiro atoms. The van der Waals surface area contributed by atoms with Crippen molar-refractivity contribution >= 4 is 11.7 Å². The molecule has 8 heteroatoms. The molecule has 0 atom stereocenters. The minimum atomic E-state index is -0.0950. The van der Waals surface area contributed by atoms with Crippen LogP contribution in [-0.4, -0.2) is 57.0 Å². The summed E-state index contributed by atoms with van der Waals surface area (Å²) in [5, 5.41) is 0. The fourth-order valence-corrected chi connectivity index (χ4v) is 3.07. The molecule has 1 amide bonds. The molecule has 0 aliphatic carbocycles. The van der Waals surface area contributed by atoms with Crippen molar-refractivity contribution < 1.29 is 9.53 Å². The van der Waals surface area contributed by atoms with Crippen molar-refractivity contribution in [2.45, 2.75) is 26.4 Å². The van der Waals surface area contributed by atoms with Gasteiger partial charge in [0.25, 0.3) is 5.91 Å². The van der Waals surface area contributed by atoms with Crippen molar-refractivity contribution in [2.24, 2.45) is 0 Å². The second kappa shape index (κ2) is 6.72. The molecule has 0 N–H and O–H groups in total. The highest BCUT2D eigenvalue weighted by Crippen LogP contribution is 2.25. The van der Waals surface area contributed by atoms with Crippen molar-refractivity contribution in [3.05, 3.63) is 41.4 Å². The smallest absolute Gasteiger partial charge is 0.274 e. The van der Waals surface area contributed by atoms with Gasteiger partial charge in [-0.25, -0.2) is 15.0 Å². The second-order valence-electron chi connectivity index (χ2n) is 6.13. The van der Waals surface area contributed by atoms with Crippen LogP contribution in [-0.2, 0) is 24.2 Å². The van der Waals surface area contributed by atoms with E-state index in [0.29, 0.717) is 50.9 Å². The van der Waals surface area contributed by atoms with Gasteiger partial charge in [0.2, 0.25) is 0 Å².